The van der Waals surface area contributed by atoms with Crippen molar-refractivity contribution >= 4 is 31.8 Å². The molecule has 0 unspecified atom stereocenters. The summed E-state index contributed by atoms with van der Waals surface area (Å²) < 4.78 is 11.9. The van der Waals surface area contributed by atoms with Crippen molar-refractivity contribution in [3.05, 3.63) is 17.7 Å². The van der Waals surface area contributed by atoms with Gasteiger partial charge in [-0.25, -0.2) is 0 Å². The van der Waals surface area contributed by atoms with Crippen LogP contribution in [0.15, 0.2) is 12.1 Å². The molecule has 1 rings (SSSR count). The SMILES string of the molecule is COc1cc([Se]C)c(OC)cc1CCN.Cl. The molecule has 0 radical (unpaired) electrons. The predicted molar refractivity (Wildman–Crippen MR) is 70.8 cm³/mol. The molecule has 2 N–H and O–H groups in total. The summed E-state index contributed by atoms with van der Waals surface area (Å²) in [6.45, 7) is 0.621. The Kier molecular flexibility index (Phi) is 7.60. The predicted octanol–water partition coefficient (Wildman–Crippen LogP) is 1.00. The third-order valence-electron chi connectivity index (χ3n) is 2.20. The van der Waals surface area contributed by atoms with Crippen LogP contribution in [0.5, 0.6) is 11.5 Å². The molecule has 0 amide bonds. The van der Waals surface area contributed by atoms with E-state index in [2.05, 4.69) is 11.9 Å². The molecule has 0 aromatic heterocycles. The summed E-state index contributed by atoms with van der Waals surface area (Å²) in [5, 5.41) is 0. The maximum atomic E-state index is 5.55. The van der Waals surface area contributed by atoms with Crippen molar-refractivity contribution in [2.75, 3.05) is 20.8 Å². The van der Waals surface area contributed by atoms with Crippen LogP contribution in [0.1, 0.15) is 5.56 Å². The minimum absolute atomic E-state index is 0. The maximum Gasteiger partial charge on any atom is -0.147 e. The number of hydrogen-bond acceptors (Lipinski definition) is 3. The first kappa shape index (κ1) is 15.6. The van der Waals surface area contributed by atoms with E-state index in [0.29, 0.717) is 21.5 Å². The molecule has 1 aromatic carbocycles. The largest absolute Gasteiger partial charge is 0.147 e. The standard InChI is InChI=1S/C11H17NO2Se.ClH/c1-13-9-7-11(15-3)10(14-2)6-8(9)4-5-12;/h6-7H,4-5,12H2,1-3H3;1H. The maximum absolute atomic E-state index is 5.55. The van der Waals surface area contributed by atoms with E-state index in [9.17, 15) is 0 Å². The van der Waals surface area contributed by atoms with Gasteiger partial charge in [0.1, 0.15) is 0 Å². The van der Waals surface area contributed by atoms with E-state index in [1.54, 1.807) is 14.2 Å². The first-order valence-corrected chi connectivity index (χ1v) is 7.32. The van der Waals surface area contributed by atoms with Gasteiger partial charge in [0.2, 0.25) is 0 Å². The van der Waals surface area contributed by atoms with Gasteiger partial charge in [-0.3, -0.25) is 0 Å². The van der Waals surface area contributed by atoms with Crippen molar-refractivity contribution in [2.24, 2.45) is 5.73 Å². The van der Waals surface area contributed by atoms with Gasteiger partial charge < -0.3 is 0 Å². The number of nitrogens with two attached hydrogens (primary N) is 1. The summed E-state index contributed by atoms with van der Waals surface area (Å²) in [6.07, 6.45) is 0.816. The molecule has 0 saturated heterocycles. The minimum Gasteiger partial charge on any atom is -0.147 e. The van der Waals surface area contributed by atoms with Crippen molar-refractivity contribution < 1.29 is 9.47 Å². The molecule has 0 aliphatic heterocycles. The van der Waals surface area contributed by atoms with Gasteiger partial charge in [0.05, 0.1) is 0 Å². The van der Waals surface area contributed by atoms with Gasteiger partial charge in [-0.2, -0.15) is 0 Å². The zero-order valence-electron chi connectivity index (χ0n) is 9.78. The topological polar surface area (TPSA) is 44.5 Å². The Balaban J connectivity index is 0.00000225. The quantitative estimate of drug-likeness (QED) is 0.826. The molecule has 0 saturated carbocycles. The van der Waals surface area contributed by atoms with Crippen LogP contribution < -0.4 is 19.7 Å². The van der Waals surface area contributed by atoms with Crippen molar-refractivity contribution in [1.82, 2.24) is 0 Å². The average molecular weight is 311 g/mol. The monoisotopic (exact) mass is 311 g/mol. The number of methoxy groups -OCH3 is 2. The third kappa shape index (κ3) is 3.56. The fourth-order valence-corrected chi connectivity index (χ4v) is 2.64. The molecule has 92 valence electrons. The number of rotatable bonds is 5. The first-order valence-electron chi connectivity index (χ1n) is 4.75. The van der Waals surface area contributed by atoms with Crippen molar-refractivity contribution in [1.29, 1.82) is 0 Å². The number of benzene rings is 1. The average Bonchev–Trinajstić information content (AvgIpc) is 2.28. The van der Waals surface area contributed by atoms with Gasteiger partial charge in [-0.1, -0.05) is 0 Å². The van der Waals surface area contributed by atoms with Crippen molar-refractivity contribution in [3.63, 3.8) is 0 Å². The molecular weight excluding hydrogens is 293 g/mol. The summed E-state index contributed by atoms with van der Waals surface area (Å²) >= 11 is 0.403. The van der Waals surface area contributed by atoms with E-state index in [1.807, 2.05) is 6.07 Å². The zero-order chi connectivity index (χ0) is 11.3. The molecule has 0 atom stereocenters. The van der Waals surface area contributed by atoms with Gasteiger partial charge >= 0.3 is 96.8 Å². The van der Waals surface area contributed by atoms with Gasteiger partial charge in [0.15, 0.2) is 0 Å². The molecule has 0 fully saturated rings. The second-order valence-electron chi connectivity index (χ2n) is 3.06. The van der Waals surface area contributed by atoms with Crippen molar-refractivity contribution in [2.45, 2.75) is 12.2 Å². The molecule has 0 aliphatic carbocycles. The Hall–Kier alpha value is -0.411. The van der Waals surface area contributed by atoms with E-state index in [4.69, 9.17) is 15.2 Å². The first-order chi connectivity index (χ1) is 7.26. The molecule has 3 nitrogen and oxygen atoms in total. The summed E-state index contributed by atoms with van der Waals surface area (Å²) in [6, 6.07) is 4.09. The van der Waals surface area contributed by atoms with Crippen LogP contribution in [-0.2, 0) is 6.42 Å². The van der Waals surface area contributed by atoms with Crippen LogP contribution in [0.3, 0.4) is 0 Å². The molecule has 16 heavy (non-hydrogen) atoms. The Morgan fingerprint density at radius 2 is 1.81 bits per heavy atom. The number of halogens is 1. The molecule has 0 bridgehead atoms. The minimum atomic E-state index is 0. The molecular formula is C11H18ClNO2Se. The van der Waals surface area contributed by atoms with Gasteiger partial charge in [0.25, 0.3) is 0 Å². The zero-order valence-corrected chi connectivity index (χ0v) is 12.3. The van der Waals surface area contributed by atoms with E-state index in [1.165, 1.54) is 4.46 Å². The van der Waals surface area contributed by atoms with E-state index >= 15 is 0 Å². The molecule has 0 heterocycles. The van der Waals surface area contributed by atoms with Crippen LogP contribution in [0.2, 0.25) is 5.82 Å². The molecule has 0 spiro atoms. The van der Waals surface area contributed by atoms with Crippen LogP contribution in [0.4, 0.5) is 0 Å². The smallest absolute Gasteiger partial charge is 0.147 e. The Bertz CT molecular complexity index is 334. The number of ether oxygens (including phenoxy) is 2. The Morgan fingerprint density at radius 1 is 1.19 bits per heavy atom. The van der Waals surface area contributed by atoms with Crippen LogP contribution in [-0.4, -0.2) is 35.7 Å². The van der Waals surface area contributed by atoms with Crippen molar-refractivity contribution in [3.8, 4) is 11.5 Å². The molecule has 1 aromatic rings. The number of hydrogen-bond donors (Lipinski definition) is 1. The fourth-order valence-electron chi connectivity index (χ4n) is 1.44. The van der Waals surface area contributed by atoms with E-state index in [-0.39, 0.29) is 12.4 Å². The molecule has 5 heteroatoms. The normalized spacial score (nSPS) is 9.50. The second-order valence-corrected chi connectivity index (χ2v) is 4.84. The van der Waals surface area contributed by atoms with Crippen LogP contribution in [0, 0.1) is 0 Å². The van der Waals surface area contributed by atoms with Crippen LogP contribution in [0.25, 0.3) is 0 Å². The Labute approximate surface area is 109 Å². The van der Waals surface area contributed by atoms with Crippen LogP contribution >= 0.6 is 12.4 Å². The summed E-state index contributed by atoms with van der Waals surface area (Å²) in [5.74, 6) is 4.02. The summed E-state index contributed by atoms with van der Waals surface area (Å²) in [7, 11) is 3.39. The summed E-state index contributed by atoms with van der Waals surface area (Å²) in [4.78, 5) is 0. The Morgan fingerprint density at radius 3 is 2.25 bits per heavy atom. The van der Waals surface area contributed by atoms with E-state index in [0.717, 1.165) is 23.5 Å². The van der Waals surface area contributed by atoms with Gasteiger partial charge in [0, 0.05) is 0 Å². The second kappa shape index (κ2) is 7.80. The fraction of sp³-hybridized carbons (Fsp3) is 0.455. The third-order valence-corrected chi connectivity index (χ3v) is 3.79. The van der Waals surface area contributed by atoms with Gasteiger partial charge in [-0.15, -0.1) is 12.4 Å². The van der Waals surface area contributed by atoms with E-state index < -0.39 is 0 Å². The molecule has 0 aliphatic rings. The summed E-state index contributed by atoms with van der Waals surface area (Å²) in [5.41, 5.74) is 6.67. The van der Waals surface area contributed by atoms with Gasteiger partial charge in [-0.05, 0) is 0 Å².